The molecule has 1 unspecified atom stereocenters. The van der Waals surface area contributed by atoms with Gasteiger partial charge in [-0.15, -0.1) is 0 Å². The summed E-state index contributed by atoms with van der Waals surface area (Å²) in [7, 11) is 3.21. The highest BCUT2D eigenvalue weighted by molar-refractivity contribution is 6.15. The van der Waals surface area contributed by atoms with E-state index >= 15 is 0 Å². The molecule has 0 radical (unpaired) electrons. The number of aliphatic carboxylic acids is 1. The van der Waals surface area contributed by atoms with Gasteiger partial charge in [0.1, 0.15) is 18.5 Å². The number of ether oxygens (including phenoxy) is 3. The quantitative estimate of drug-likeness (QED) is 0.362. The molecule has 0 bridgehead atoms. The zero-order chi connectivity index (χ0) is 21.9. The van der Waals surface area contributed by atoms with Crippen molar-refractivity contribution in [2.75, 3.05) is 33.9 Å². The SMILES string of the molecule is C/C=C(/C(=O)O)c1ccc(OCC(O)CNCCc2ccc(OC)c(OC)c2)cc1. The number of nitrogens with one attached hydrogen (secondary N) is 1. The van der Waals surface area contributed by atoms with Crippen molar-refractivity contribution in [2.45, 2.75) is 19.4 Å². The Morgan fingerprint density at radius 1 is 1.10 bits per heavy atom. The summed E-state index contributed by atoms with van der Waals surface area (Å²) in [5.41, 5.74) is 1.95. The smallest absolute Gasteiger partial charge is 0.335 e. The molecular weight excluding hydrogens is 386 g/mol. The van der Waals surface area contributed by atoms with Crippen LogP contribution in [0.15, 0.2) is 48.5 Å². The minimum atomic E-state index is -0.972. The molecule has 7 heteroatoms. The van der Waals surface area contributed by atoms with Gasteiger partial charge in [0.05, 0.1) is 19.8 Å². The van der Waals surface area contributed by atoms with Crippen molar-refractivity contribution in [2.24, 2.45) is 0 Å². The Kier molecular flexibility index (Phi) is 9.18. The maximum atomic E-state index is 11.2. The minimum absolute atomic E-state index is 0.137. The van der Waals surface area contributed by atoms with E-state index in [4.69, 9.17) is 19.3 Å². The first-order valence-corrected chi connectivity index (χ1v) is 9.71. The van der Waals surface area contributed by atoms with E-state index in [0.29, 0.717) is 35.9 Å². The number of methoxy groups -OCH3 is 2. The third kappa shape index (κ3) is 6.79. The van der Waals surface area contributed by atoms with Crippen LogP contribution in [0.2, 0.25) is 0 Å². The molecule has 2 rings (SSSR count). The van der Waals surface area contributed by atoms with Gasteiger partial charge in [0, 0.05) is 6.54 Å². The van der Waals surface area contributed by atoms with Crippen LogP contribution in [0.1, 0.15) is 18.1 Å². The second-order valence-electron chi connectivity index (χ2n) is 6.64. The zero-order valence-corrected chi connectivity index (χ0v) is 17.6. The Morgan fingerprint density at radius 2 is 1.80 bits per heavy atom. The maximum Gasteiger partial charge on any atom is 0.335 e. The number of hydrogen-bond donors (Lipinski definition) is 3. The van der Waals surface area contributed by atoms with Crippen molar-refractivity contribution in [1.29, 1.82) is 0 Å². The van der Waals surface area contributed by atoms with E-state index in [1.165, 1.54) is 0 Å². The van der Waals surface area contributed by atoms with E-state index < -0.39 is 12.1 Å². The molecule has 162 valence electrons. The van der Waals surface area contributed by atoms with Crippen LogP contribution in [-0.2, 0) is 11.2 Å². The number of rotatable bonds is 12. The van der Waals surface area contributed by atoms with Gasteiger partial charge in [0.25, 0.3) is 0 Å². The molecule has 3 N–H and O–H groups in total. The molecule has 2 aromatic carbocycles. The number of allylic oxidation sites excluding steroid dienone is 1. The molecule has 7 nitrogen and oxygen atoms in total. The Hall–Kier alpha value is -3.03. The standard InChI is InChI=1S/C23H29NO6/c1-4-20(23(26)27)17-6-8-19(9-7-17)30-15-18(25)14-24-12-11-16-5-10-21(28-2)22(13-16)29-3/h4-10,13,18,24-25H,11-12,14-15H2,1-3H3,(H,26,27)/b20-4+. The average molecular weight is 415 g/mol. The van der Waals surface area contributed by atoms with Gasteiger partial charge in [0.15, 0.2) is 11.5 Å². The van der Waals surface area contributed by atoms with Crippen molar-refractivity contribution in [3.8, 4) is 17.2 Å². The van der Waals surface area contributed by atoms with Gasteiger partial charge in [-0.3, -0.25) is 0 Å². The van der Waals surface area contributed by atoms with Gasteiger partial charge >= 0.3 is 5.97 Å². The van der Waals surface area contributed by atoms with Crippen LogP contribution in [0, 0.1) is 0 Å². The van der Waals surface area contributed by atoms with Crippen LogP contribution >= 0.6 is 0 Å². The molecule has 0 heterocycles. The predicted octanol–water partition coefficient (Wildman–Crippen LogP) is 2.76. The number of aliphatic hydroxyl groups is 1. The van der Waals surface area contributed by atoms with Crippen LogP contribution in [0.4, 0.5) is 0 Å². The molecule has 0 aliphatic heterocycles. The van der Waals surface area contributed by atoms with Crippen molar-refractivity contribution >= 4 is 11.5 Å². The van der Waals surface area contributed by atoms with E-state index in [2.05, 4.69) is 5.32 Å². The van der Waals surface area contributed by atoms with Crippen LogP contribution in [-0.4, -0.2) is 56.2 Å². The van der Waals surface area contributed by atoms with Crippen LogP contribution in [0.3, 0.4) is 0 Å². The molecule has 0 aliphatic rings. The van der Waals surface area contributed by atoms with Gasteiger partial charge in [-0.2, -0.15) is 0 Å². The molecule has 0 amide bonds. The highest BCUT2D eigenvalue weighted by atomic mass is 16.5. The summed E-state index contributed by atoms with van der Waals surface area (Å²) in [5.74, 6) is 0.990. The second-order valence-corrected chi connectivity index (χ2v) is 6.64. The number of hydrogen-bond acceptors (Lipinski definition) is 6. The van der Waals surface area contributed by atoms with E-state index in [0.717, 1.165) is 12.0 Å². The predicted molar refractivity (Wildman–Crippen MR) is 115 cm³/mol. The second kappa shape index (κ2) is 11.8. The summed E-state index contributed by atoms with van der Waals surface area (Å²) in [6, 6.07) is 12.6. The maximum absolute atomic E-state index is 11.2. The summed E-state index contributed by atoms with van der Waals surface area (Å²) in [5, 5.41) is 22.5. The molecule has 0 spiro atoms. The number of carbonyl (C=O) groups is 1. The summed E-state index contributed by atoms with van der Waals surface area (Å²) in [6.07, 6.45) is 1.67. The molecule has 30 heavy (non-hydrogen) atoms. The third-order valence-electron chi connectivity index (χ3n) is 4.55. The molecule has 0 aromatic heterocycles. The Balaban J connectivity index is 1.72. The van der Waals surface area contributed by atoms with Crippen LogP contribution in [0.25, 0.3) is 5.57 Å². The topological polar surface area (TPSA) is 97.3 Å². The highest BCUT2D eigenvalue weighted by Crippen LogP contribution is 2.27. The Bertz CT molecular complexity index is 847. The van der Waals surface area contributed by atoms with E-state index in [1.54, 1.807) is 51.5 Å². The van der Waals surface area contributed by atoms with Crippen molar-refractivity contribution in [3.63, 3.8) is 0 Å². The summed E-state index contributed by atoms with van der Waals surface area (Å²) in [6.45, 7) is 2.91. The van der Waals surface area contributed by atoms with Gasteiger partial charge < -0.3 is 29.7 Å². The first-order valence-electron chi connectivity index (χ1n) is 9.71. The first kappa shape index (κ1) is 23.3. The molecule has 0 saturated carbocycles. The minimum Gasteiger partial charge on any atom is -0.493 e. The Labute approximate surface area is 176 Å². The lowest BCUT2D eigenvalue weighted by Crippen LogP contribution is -2.32. The van der Waals surface area contributed by atoms with E-state index in [-0.39, 0.29) is 12.2 Å². The molecule has 0 aliphatic carbocycles. The fourth-order valence-electron chi connectivity index (χ4n) is 2.93. The average Bonchev–Trinajstić information content (AvgIpc) is 2.76. The first-order chi connectivity index (χ1) is 14.5. The lowest BCUT2D eigenvalue weighted by Gasteiger charge is -2.14. The van der Waals surface area contributed by atoms with Gasteiger partial charge in [-0.05, 0) is 55.3 Å². The molecular formula is C23H29NO6. The fourth-order valence-corrected chi connectivity index (χ4v) is 2.93. The summed E-state index contributed by atoms with van der Waals surface area (Å²) >= 11 is 0. The monoisotopic (exact) mass is 415 g/mol. The number of carboxylic acids is 1. The lowest BCUT2D eigenvalue weighted by atomic mass is 10.1. The fraction of sp³-hybridized carbons (Fsp3) is 0.348. The summed E-state index contributed by atoms with van der Waals surface area (Å²) in [4.78, 5) is 11.2. The molecule has 1 atom stereocenters. The highest BCUT2D eigenvalue weighted by Gasteiger charge is 2.10. The number of aliphatic hydroxyl groups excluding tert-OH is 1. The van der Waals surface area contributed by atoms with Crippen molar-refractivity contribution < 1.29 is 29.2 Å². The lowest BCUT2D eigenvalue weighted by molar-refractivity contribution is -0.130. The van der Waals surface area contributed by atoms with Gasteiger partial charge in [0.2, 0.25) is 0 Å². The van der Waals surface area contributed by atoms with Crippen LogP contribution < -0.4 is 19.5 Å². The Morgan fingerprint density at radius 3 is 2.40 bits per heavy atom. The van der Waals surface area contributed by atoms with Gasteiger partial charge in [-0.1, -0.05) is 24.3 Å². The molecule has 0 saturated heterocycles. The number of carboxylic acid groups (broad SMARTS) is 1. The molecule has 0 fully saturated rings. The summed E-state index contributed by atoms with van der Waals surface area (Å²) < 4.78 is 16.1. The van der Waals surface area contributed by atoms with Crippen molar-refractivity contribution in [3.05, 3.63) is 59.7 Å². The number of benzene rings is 2. The largest absolute Gasteiger partial charge is 0.493 e. The third-order valence-corrected chi connectivity index (χ3v) is 4.55. The van der Waals surface area contributed by atoms with Gasteiger partial charge in [-0.25, -0.2) is 4.79 Å². The van der Waals surface area contributed by atoms with Crippen LogP contribution in [0.5, 0.6) is 17.2 Å². The van der Waals surface area contributed by atoms with Crippen molar-refractivity contribution in [1.82, 2.24) is 5.32 Å². The van der Waals surface area contributed by atoms with E-state index in [9.17, 15) is 9.90 Å². The van der Waals surface area contributed by atoms with E-state index in [1.807, 2.05) is 18.2 Å². The zero-order valence-electron chi connectivity index (χ0n) is 17.6. The molecule has 2 aromatic rings. The normalized spacial score (nSPS) is 12.3.